The number of aromatic nitrogens is 1. The molecule has 0 saturated carbocycles. The minimum absolute atomic E-state index is 0. The molecule has 8 heteroatoms. The molecule has 0 N–H and O–H groups in total. The number of hydrogen-bond donors (Lipinski definition) is 0. The van der Waals surface area contributed by atoms with Crippen LogP contribution in [0.2, 0.25) is 0 Å². The maximum absolute atomic E-state index is 13.0. The van der Waals surface area contributed by atoms with Crippen LogP contribution in [-0.2, 0) is 32.5 Å². The van der Waals surface area contributed by atoms with Gasteiger partial charge < -0.3 is 4.98 Å². The molecule has 1 nitrogen and oxygen atoms in total. The average molecular weight is 496 g/mol. The number of aryl methyl sites for hydroxylation is 1. The zero-order valence-corrected chi connectivity index (χ0v) is 13.3. The molecule has 2 aromatic rings. The van der Waals surface area contributed by atoms with E-state index in [0.29, 0.717) is 11.6 Å². The van der Waals surface area contributed by atoms with Crippen molar-refractivity contribution in [3.8, 4) is 11.3 Å². The van der Waals surface area contributed by atoms with E-state index in [1.165, 1.54) is 12.3 Å². The van der Waals surface area contributed by atoms with E-state index in [-0.39, 0.29) is 31.9 Å². The van der Waals surface area contributed by atoms with Gasteiger partial charge in [0.15, 0.2) is 0 Å². The van der Waals surface area contributed by atoms with E-state index in [4.69, 9.17) is 0 Å². The van der Waals surface area contributed by atoms with Gasteiger partial charge in [0.05, 0.1) is 0 Å². The summed E-state index contributed by atoms with van der Waals surface area (Å²) in [6, 6.07) is 5.56. The van der Waals surface area contributed by atoms with E-state index in [9.17, 15) is 26.3 Å². The Morgan fingerprint density at radius 1 is 1.00 bits per heavy atom. The molecular weight excluding hydrogens is 488 g/mol. The van der Waals surface area contributed by atoms with Gasteiger partial charge >= 0.3 is 12.4 Å². The van der Waals surface area contributed by atoms with Crippen molar-refractivity contribution in [3.63, 3.8) is 0 Å². The number of benzene rings is 1. The van der Waals surface area contributed by atoms with Gasteiger partial charge in [-0.2, -0.15) is 26.3 Å². The summed E-state index contributed by atoms with van der Waals surface area (Å²) in [6.07, 6.45) is -8.51. The first-order valence-electron chi connectivity index (χ1n) is 5.72. The van der Waals surface area contributed by atoms with Gasteiger partial charge in [-0.15, -0.1) is 23.8 Å². The number of hydrogen-bond acceptors (Lipinski definition) is 1. The van der Waals surface area contributed by atoms with Crippen LogP contribution in [0.4, 0.5) is 26.3 Å². The zero-order chi connectivity index (χ0) is 15.8. The van der Waals surface area contributed by atoms with Crippen LogP contribution in [0.3, 0.4) is 0 Å². The maximum atomic E-state index is 13.0. The van der Waals surface area contributed by atoms with Crippen molar-refractivity contribution in [2.75, 3.05) is 0 Å². The van der Waals surface area contributed by atoms with Gasteiger partial charge in [0.25, 0.3) is 0 Å². The molecule has 0 aliphatic rings. The van der Waals surface area contributed by atoms with Crippen molar-refractivity contribution < 1.29 is 46.4 Å². The van der Waals surface area contributed by atoms with Crippen LogP contribution >= 0.6 is 0 Å². The van der Waals surface area contributed by atoms with Crippen LogP contribution in [-0.4, -0.2) is 4.98 Å². The molecule has 0 amide bonds. The van der Waals surface area contributed by atoms with E-state index in [1.807, 2.05) is 0 Å². The van der Waals surface area contributed by atoms with E-state index in [0.717, 1.165) is 0 Å². The SMILES string of the molecule is Cc1ccnc(-c2[c-]cc(C(F)(F)F)cc2C(F)(F)F)c1.[Ir]. The van der Waals surface area contributed by atoms with Crippen molar-refractivity contribution in [1.29, 1.82) is 0 Å². The molecule has 0 aliphatic carbocycles. The summed E-state index contributed by atoms with van der Waals surface area (Å²) >= 11 is 0. The minimum atomic E-state index is -4.93. The Hall–Kier alpha value is -1.40. The third kappa shape index (κ3) is 4.08. The van der Waals surface area contributed by atoms with Gasteiger partial charge in [-0.1, -0.05) is 11.6 Å². The Labute approximate surface area is 135 Å². The summed E-state index contributed by atoms with van der Waals surface area (Å²) < 4.78 is 76.6. The molecule has 0 unspecified atom stereocenters. The van der Waals surface area contributed by atoms with E-state index < -0.39 is 29.0 Å². The predicted octanol–water partition coefficient (Wildman–Crippen LogP) is 4.89. The first-order chi connectivity index (χ1) is 9.59. The molecule has 0 aliphatic heterocycles. The van der Waals surface area contributed by atoms with Crippen LogP contribution in [0.25, 0.3) is 11.3 Å². The largest absolute Gasteiger partial charge is 0.381 e. The number of alkyl halides is 6. The van der Waals surface area contributed by atoms with Crippen LogP contribution in [0, 0.1) is 13.0 Å². The Bertz CT molecular complexity index is 663. The third-order valence-electron chi connectivity index (χ3n) is 2.75. The normalized spacial score (nSPS) is 12.0. The molecule has 0 saturated heterocycles. The third-order valence-corrected chi connectivity index (χ3v) is 2.75. The van der Waals surface area contributed by atoms with Crippen molar-refractivity contribution in [1.82, 2.24) is 4.98 Å². The Morgan fingerprint density at radius 3 is 2.14 bits per heavy atom. The van der Waals surface area contributed by atoms with Gasteiger partial charge in [0, 0.05) is 26.3 Å². The van der Waals surface area contributed by atoms with Gasteiger partial charge in [0.2, 0.25) is 0 Å². The van der Waals surface area contributed by atoms with E-state index >= 15 is 0 Å². The Kier molecular flexibility index (Phi) is 5.41. The number of rotatable bonds is 1. The molecule has 1 radical (unpaired) electrons. The second-order valence-corrected chi connectivity index (χ2v) is 4.39. The molecule has 22 heavy (non-hydrogen) atoms. The second-order valence-electron chi connectivity index (χ2n) is 4.39. The first kappa shape index (κ1) is 18.6. The summed E-state index contributed by atoms with van der Waals surface area (Å²) in [5.74, 6) is 0. The molecule has 0 bridgehead atoms. The van der Waals surface area contributed by atoms with Crippen LogP contribution < -0.4 is 0 Å². The van der Waals surface area contributed by atoms with Gasteiger partial charge in [-0.25, -0.2) is 0 Å². The second kappa shape index (κ2) is 6.38. The molecule has 0 spiro atoms. The molecule has 121 valence electrons. The summed E-state index contributed by atoms with van der Waals surface area (Å²) in [7, 11) is 0. The fourth-order valence-corrected chi connectivity index (χ4v) is 1.77. The molecule has 1 heterocycles. The standard InChI is InChI=1S/C14H8F6N.Ir/c1-8-4-5-21-12(6-8)10-3-2-9(13(15,16)17)7-11(10)14(18,19)20;/h2,4-7H,1H3;/q-1;. The van der Waals surface area contributed by atoms with Gasteiger partial charge in [-0.05, 0) is 29.8 Å². The Morgan fingerprint density at radius 2 is 1.64 bits per heavy atom. The number of pyridine rings is 1. The molecule has 1 aromatic carbocycles. The minimum Gasteiger partial charge on any atom is -0.305 e. The smallest absolute Gasteiger partial charge is 0.305 e. The van der Waals surface area contributed by atoms with Crippen LogP contribution in [0.15, 0.2) is 30.5 Å². The maximum Gasteiger partial charge on any atom is 0.381 e. The van der Waals surface area contributed by atoms with Crippen LogP contribution in [0.1, 0.15) is 16.7 Å². The number of nitrogens with zero attached hydrogens (tertiary/aromatic N) is 1. The predicted molar refractivity (Wildman–Crippen MR) is 63.2 cm³/mol. The van der Waals surface area contributed by atoms with E-state index in [2.05, 4.69) is 11.1 Å². The van der Waals surface area contributed by atoms with Crippen molar-refractivity contribution in [3.05, 3.63) is 53.2 Å². The zero-order valence-electron chi connectivity index (χ0n) is 10.9. The van der Waals surface area contributed by atoms with Crippen molar-refractivity contribution in [2.45, 2.75) is 19.3 Å². The van der Waals surface area contributed by atoms with Gasteiger partial charge in [-0.3, -0.25) is 0 Å². The van der Waals surface area contributed by atoms with Gasteiger partial charge in [0.1, 0.15) is 0 Å². The summed E-state index contributed by atoms with van der Waals surface area (Å²) in [6.45, 7) is 1.64. The molecular formula is C14H8F6IrN-. The van der Waals surface area contributed by atoms with E-state index in [1.54, 1.807) is 13.0 Å². The van der Waals surface area contributed by atoms with Crippen molar-refractivity contribution >= 4 is 0 Å². The van der Waals surface area contributed by atoms with Crippen molar-refractivity contribution in [2.24, 2.45) is 0 Å². The first-order valence-corrected chi connectivity index (χ1v) is 5.72. The van der Waals surface area contributed by atoms with Crippen LogP contribution in [0.5, 0.6) is 0 Å². The average Bonchev–Trinajstić information content (AvgIpc) is 2.36. The fourth-order valence-electron chi connectivity index (χ4n) is 1.77. The quantitative estimate of drug-likeness (QED) is 0.405. The number of halogens is 6. The summed E-state index contributed by atoms with van der Waals surface area (Å²) in [4.78, 5) is 3.76. The molecule has 2 rings (SSSR count). The Balaban J connectivity index is 0.00000242. The molecule has 0 fully saturated rings. The summed E-state index contributed by atoms with van der Waals surface area (Å²) in [5.41, 5.74) is -2.74. The monoisotopic (exact) mass is 497 g/mol. The topological polar surface area (TPSA) is 12.9 Å². The fraction of sp³-hybridized carbons (Fsp3) is 0.214. The molecule has 1 aromatic heterocycles. The summed E-state index contributed by atoms with van der Waals surface area (Å²) in [5, 5.41) is 0. The molecule has 0 atom stereocenters.